The second-order valence-corrected chi connectivity index (χ2v) is 8.84. The molecule has 1 aromatic heterocycles. The number of amides is 1. The number of hydrogen-bond donors (Lipinski definition) is 1. The van der Waals surface area contributed by atoms with Crippen LogP contribution in [-0.4, -0.2) is 34.7 Å². The van der Waals surface area contributed by atoms with E-state index in [-0.39, 0.29) is 6.09 Å². The van der Waals surface area contributed by atoms with Crippen molar-refractivity contribution in [3.8, 4) is 11.1 Å². The van der Waals surface area contributed by atoms with E-state index in [1.54, 1.807) is 4.90 Å². The number of carbonyl (C=O) groups is 1. The molecule has 0 radical (unpaired) electrons. The second kappa shape index (κ2) is 7.17. The molecule has 1 N–H and O–H groups in total. The molecule has 0 bridgehead atoms. The second-order valence-electron chi connectivity index (χ2n) is 8.43. The number of rotatable bonds is 2. The number of aromatic amines is 1. The Hall–Kier alpha value is -2.46. The van der Waals surface area contributed by atoms with Gasteiger partial charge in [0, 0.05) is 41.7 Å². The fourth-order valence-electron chi connectivity index (χ4n) is 3.75. The molecule has 5 heteroatoms. The minimum atomic E-state index is -0.462. The summed E-state index contributed by atoms with van der Waals surface area (Å²) < 4.78 is 5.49. The molecule has 0 aliphatic carbocycles. The predicted molar refractivity (Wildman–Crippen MR) is 114 cm³/mol. The zero-order valence-corrected chi connectivity index (χ0v) is 17.2. The maximum absolute atomic E-state index is 12.3. The third-order valence-corrected chi connectivity index (χ3v) is 5.49. The third-order valence-electron chi connectivity index (χ3n) is 5.17. The highest BCUT2D eigenvalue weighted by molar-refractivity contribution is 6.34. The number of aromatic nitrogens is 1. The number of fused-ring (bicyclic) bond motifs is 1. The van der Waals surface area contributed by atoms with Gasteiger partial charge in [-0.25, -0.2) is 4.79 Å². The summed E-state index contributed by atoms with van der Waals surface area (Å²) in [7, 11) is 0. The van der Waals surface area contributed by atoms with Crippen LogP contribution >= 0.6 is 11.6 Å². The lowest BCUT2D eigenvalue weighted by molar-refractivity contribution is 0.0292. The van der Waals surface area contributed by atoms with Crippen LogP contribution in [-0.2, 0) is 4.74 Å². The quantitative estimate of drug-likeness (QED) is 0.559. The number of carbonyl (C=O) groups excluding carboxylic acids is 1. The number of nitrogens with zero attached hydrogens (tertiary/aromatic N) is 1. The number of halogens is 1. The Balaban J connectivity index is 1.49. The molecule has 1 atom stereocenters. The van der Waals surface area contributed by atoms with Gasteiger partial charge in [-0.2, -0.15) is 0 Å². The van der Waals surface area contributed by atoms with Gasteiger partial charge < -0.3 is 14.6 Å². The molecule has 146 valence electrons. The summed E-state index contributed by atoms with van der Waals surface area (Å²) in [5.41, 5.74) is 3.95. The van der Waals surface area contributed by atoms with Crippen LogP contribution in [0.15, 0.2) is 48.7 Å². The third kappa shape index (κ3) is 3.88. The highest BCUT2D eigenvalue weighted by Crippen LogP contribution is 2.34. The molecule has 2 aromatic carbocycles. The SMILES string of the molecule is CC(C)(C)OC(=O)N1CCC(c2ccc(-c3cc4cc[nH]c4cc3Cl)cc2)C1. The molecule has 1 fully saturated rings. The first kappa shape index (κ1) is 18.9. The van der Waals surface area contributed by atoms with Crippen LogP contribution in [0.3, 0.4) is 0 Å². The molecule has 0 spiro atoms. The molecule has 1 aliphatic heterocycles. The van der Waals surface area contributed by atoms with E-state index < -0.39 is 5.60 Å². The zero-order valence-electron chi connectivity index (χ0n) is 16.5. The van der Waals surface area contributed by atoms with Crippen molar-refractivity contribution >= 4 is 28.6 Å². The molecule has 4 nitrogen and oxygen atoms in total. The van der Waals surface area contributed by atoms with Crippen LogP contribution in [0.1, 0.15) is 38.7 Å². The average molecular weight is 397 g/mol. The minimum Gasteiger partial charge on any atom is -0.444 e. The largest absolute Gasteiger partial charge is 0.444 e. The van der Waals surface area contributed by atoms with Gasteiger partial charge in [0.1, 0.15) is 5.60 Å². The van der Waals surface area contributed by atoms with Crippen molar-refractivity contribution in [2.45, 2.75) is 38.7 Å². The summed E-state index contributed by atoms with van der Waals surface area (Å²) in [6.07, 6.45) is 2.65. The van der Waals surface area contributed by atoms with E-state index in [9.17, 15) is 4.79 Å². The van der Waals surface area contributed by atoms with Crippen LogP contribution in [0.4, 0.5) is 4.79 Å². The molecule has 3 aromatic rings. The first-order valence-corrected chi connectivity index (χ1v) is 10.0. The molecular weight excluding hydrogens is 372 g/mol. The summed E-state index contributed by atoms with van der Waals surface area (Å²) in [5.74, 6) is 0.337. The molecule has 1 unspecified atom stereocenters. The van der Waals surface area contributed by atoms with Gasteiger partial charge in [-0.15, -0.1) is 0 Å². The normalized spacial score (nSPS) is 17.3. The van der Waals surface area contributed by atoms with Gasteiger partial charge >= 0.3 is 6.09 Å². The van der Waals surface area contributed by atoms with Crippen LogP contribution in [0.25, 0.3) is 22.0 Å². The van der Waals surface area contributed by atoms with E-state index >= 15 is 0 Å². The van der Waals surface area contributed by atoms with Crippen molar-refractivity contribution in [2.24, 2.45) is 0 Å². The van der Waals surface area contributed by atoms with Gasteiger partial charge in [0.15, 0.2) is 0 Å². The lowest BCUT2D eigenvalue weighted by Crippen LogP contribution is -2.35. The number of hydrogen-bond acceptors (Lipinski definition) is 2. The van der Waals surface area contributed by atoms with E-state index in [1.165, 1.54) is 5.56 Å². The summed E-state index contributed by atoms with van der Waals surface area (Å²) in [5, 5.41) is 1.88. The van der Waals surface area contributed by atoms with E-state index in [1.807, 2.05) is 39.1 Å². The predicted octanol–water partition coefficient (Wildman–Crippen LogP) is 6.21. The van der Waals surface area contributed by atoms with Crippen LogP contribution in [0.5, 0.6) is 0 Å². The van der Waals surface area contributed by atoms with Crippen molar-refractivity contribution in [3.63, 3.8) is 0 Å². The van der Waals surface area contributed by atoms with Gasteiger partial charge in [0.05, 0.1) is 5.02 Å². The Bertz CT molecular complexity index is 1000. The Labute approximate surface area is 170 Å². The molecule has 28 heavy (non-hydrogen) atoms. The molecule has 1 aliphatic rings. The van der Waals surface area contributed by atoms with Crippen LogP contribution < -0.4 is 0 Å². The molecule has 0 saturated carbocycles. The first-order valence-electron chi connectivity index (χ1n) is 9.65. The van der Waals surface area contributed by atoms with E-state index in [2.05, 4.69) is 35.3 Å². The lowest BCUT2D eigenvalue weighted by Gasteiger charge is -2.24. The van der Waals surface area contributed by atoms with E-state index in [4.69, 9.17) is 16.3 Å². The maximum atomic E-state index is 12.3. The molecule has 1 saturated heterocycles. The molecule has 2 heterocycles. The zero-order chi connectivity index (χ0) is 19.9. The first-order chi connectivity index (χ1) is 13.3. The summed E-state index contributed by atoms with van der Waals surface area (Å²) in [6, 6.07) is 14.7. The molecule has 1 amide bonds. The van der Waals surface area contributed by atoms with Crippen molar-refractivity contribution in [2.75, 3.05) is 13.1 Å². The fraction of sp³-hybridized carbons (Fsp3) is 0.348. The van der Waals surface area contributed by atoms with Gasteiger partial charge in [-0.05, 0) is 56.5 Å². The Morgan fingerprint density at radius 2 is 1.93 bits per heavy atom. The number of benzene rings is 2. The highest BCUT2D eigenvalue weighted by atomic mass is 35.5. The van der Waals surface area contributed by atoms with Crippen molar-refractivity contribution in [1.82, 2.24) is 9.88 Å². The van der Waals surface area contributed by atoms with Gasteiger partial charge in [0.2, 0.25) is 0 Å². The molecular formula is C23H25ClN2O2. The minimum absolute atomic E-state index is 0.224. The Morgan fingerprint density at radius 3 is 2.64 bits per heavy atom. The van der Waals surface area contributed by atoms with Crippen molar-refractivity contribution in [3.05, 3.63) is 59.2 Å². The van der Waals surface area contributed by atoms with E-state index in [0.29, 0.717) is 12.5 Å². The van der Waals surface area contributed by atoms with Gasteiger partial charge in [-0.1, -0.05) is 35.9 Å². The van der Waals surface area contributed by atoms with Gasteiger partial charge in [0.25, 0.3) is 0 Å². The standard InChI is InChI=1S/C23H25ClN2O2/c1-23(2,3)28-22(27)26-11-9-18(14-26)15-4-6-16(7-5-15)19-12-17-8-10-25-21(17)13-20(19)24/h4-8,10,12-13,18,25H,9,11,14H2,1-3H3. The van der Waals surface area contributed by atoms with Crippen LogP contribution in [0, 0.1) is 0 Å². The summed E-state index contributed by atoms with van der Waals surface area (Å²) in [6.45, 7) is 7.12. The number of H-pyrrole nitrogens is 1. The topological polar surface area (TPSA) is 45.3 Å². The lowest BCUT2D eigenvalue weighted by atomic mass is 9.95. The van der Waals surface area contributed by atoms with Gasteiger partial charge in [-0.3, -0.25) is 0 Å². The molecule has 4 rings (SSSR count). The van der Waals surface area contributed by atoms with Crippen molar-refractivity contribution in [1.29, 1.82) is 0 Å². The highest BCUT2D eigenvalue weighted by Gasteiger charge is 2.30. The van der Waals surface area contributed by atoms with E-state index in [0.717, 1.165) is 40.0 Å². The maximum Gasteiger partial charge on any atom is 0.410 e. The van der Waals surface area contributed by atoms with Crippen molar-refractivity contribution < 1.29 is 9.53 Å². The number of likely N-dealkylation sites (tertiary alicyclic amines) is 1. The number of nitrogens with one attached hydrogen (secondary N) is 1. The van der Waals surface area contributed by atoms with Crippen LogP contribution in [0.2, 0.25) is 5.02 Å². The average Bonchev–Trinajstić information content (AvgIpc) is 3.29. The summed E-state index contributed by atoms with van der Waals surface area (Å²) in [4.78, 5) is 17.3. The Kier molecular flexibility index (Phi) is 4.84. The summed E-state index contributed by atoms with van der Waals surface area (Å²) >= 11 is 6.49. The Morgan fingerprint density at radius 1 is 1.18 bits per heavy atom. The monoisotopic (exact) mass is 396 g/mol. The smallest absolute Gasteiger partial charge is 0.410 e. The number of ether oxygens (including phenoxy) is 1. The fourth-order valence-corrected chi connectivity index (χ4v) is 4.03.